The van der Waals surface area contributed by atoms with E-state index in [4.69, 9.17) is 0 Å². The molecule has 1 saturated carbocycles. The van der Waals surface area contributed by atoms with Gasteiger partial charge in [-0.1, -0.05) is 45.4 Å². The predicted octanol–water partition coefficient (Wildman–Crippen LogP) is 3.32. The SMILES string of the molecule is C1CCCCC1.CCC(C)=O.[Zn]. The van der Waals surface area contributed by atoms with Crippen molar-refractivity contribution in [2.75, 3.05) is 0 Å². The van der Waals surface area contributed by atoms with Crippen LogP contribution in [0.25, 0.3) is 0 Å². The van der Waals surface area contributed by atoms with E-state index in [1.54, 1.807) is 6.92 Å². The zero-order valence-corrected chi connectivity index (χ0v) is 11.5. The fraction of sp³-hybridized carbons (Fsp3) is 0.900. The Morgan fingerprint density at radius 3 is 1.25 bits per heavy atom. The van der Waals surface area contributed by atoms with E-state index in [9.17, 15) is 4.79 Å². The van der Waals surface area contributed by atoms with Gasteiger partial charge in [0.1, 0.15) is 5.78 Å². The second-order valence-electron chi connectivity index (χ2n) is 3.18. The maximum absolute atomic E-state index is 9.81. The van der Waals surface area contributed by atoms with Crippen LogP contribution in [0.15, 0.2) is 0 Å². The van der Waals surface area contributed by atoms with Gasteiger partial charge in [-0.15, -0.1) is 0 Å². The second kappa shape index (κ2) is 11.3. The van der Waals surface area contributed by atoms with Crippen LogP contribution in [0.5, 0.6) is 0 Å². The molecule has 0 heterocycles. The molecule has 1 rings (SSSR count). The van der Waals surface area contributed by atoms with Gasteiger partial charge in [-0.3, -0.25) is 0 Å². The number of hydrogen-bond acceptors (Lipinski definition) is 1. The van der Waals surface area contributed by atoms with Gasteiger partial charge in [0.2, 0.25) is 0 Å². The molecule has 0 aliphatic heterocycles. The van der Waals surface area contributed by atoms with Gasteiger partial charge >= 0.3 is 0 Å². The van der Waals surface area contributed by atoms with Crippen molar-refractivity contribution >= 4 is 5.78 Å². The van der Waals surface area contributed by atoms with Gasteiger partial charge in [0, 0.05) is 25.9 Å². The van der Waals surface area contributed by atoms with Crippen molar-refractivity contribution in [3.8, 4) is 0 Å². The number of carbonyl (C=O) groups excluding carboxylic acids is 1. The first kappa shape index (κ1) is 14.8. The minimum absolute atomic E-state index is 0. The van der Waals surface area contributed by atoms with Crippen molar-refractivity contribution in [1.82, 2.24) is 0 Å². The maximum Gasteiger partial charge on any atom is 0.129 e. The summed E-state index contributed by atoms with van der Waals surface area (Å²) in [7, 11) is 0. The summed E-state index contributed by atoms with van der Waals surface area (Å²) in [5.41, 5.74) is 0. The first-order valence-electron chi connectivity index (χ1n) is 4.76. The Balaban J connectivity index is 0. The standard InChI is InChI=1S/C6H12.C4H8O.Zn/c1-2-4-6-5-3-1;1-3-4(2)5;/h1-6H2;3H2,1-2H3;. The zero-order chi connectivity index (χ0) is 8.53. The molecular weight excluding hydrogens is 201 g/mol. The molecule has 2 heteroatoms. The molecule has 0 atom stereocenters. The Bertz CT molecular complexity index is 86.5. The van der Waals surface area contributed by atoms with E-state index >= 15 is 0 Å². The van der Waals surface area contributed by atoms with Crippen LogP contribution >= 0.6 is 0 Å². The Hall–Kier alpha value is 0.293. The van der Waals surface area contributed by atoms with Crippen molar-refractivity contribution in [2.45, 2.75) is 58.8 Å². The summed E-state index contributed by atoms with van der Waals surface area (Å²) >= 11 is 0. The fourth-order valence-corrected chi connectivity index (χ4v) is 1.06. The number of Topliss-reactive ketones (excluding diaryl/α,β-unsaturated/α-hetero) is 1. The largest absolute Gasteiger partial charge is 0.300 e. The van der Waals surface area contributed by atoms with Crippen LogP contribution in [0.2, 0.25) is 0 Å². The first-order valence-corrected chi connectivity index (χ1v) is 4.76. The van der Waals surface area contributed by atoms with Gasteiger partial charge in [-0.2, -0.15) is 0 Å². The van der Waals surface area contributed by atoms with Crippen LogP contribution in [0.1, 0.15) is 58.8 Å². The van der Waals surface area contributed by atoms with Gasteiger partial charge in [-0.25, -0.2) is 0 Å². The molecule has 1 nitrogen and oxygen atoms in total. The molecule has 0 N–H and O–H groups in total. The van der Waals surface area contributed by atoms with E-state index in [0.29, 0.717) is 6.42 Å². The van der Waals surface area contributed by atoms with Crippen LogP contribution in [0.4, 0.5) is 0 Å². The summed E-state index contributed by atoms with van der Waals surface area (Å²) in [6.07, 6.45) is 9.67. The zero-order valence-electron chi connectivity index (χ0n) is 8.57. The van der Waals surface area contributed by atoms with Crippen LogP contribution in [0.3, 0.4) is 0 Å². The van der Waals surface area contributed by atoms with E-state index in [1.165, 1.54) is 38.5 Å². The molecule has 68 valence electrons. The third-order valence-corrected chi connectivity index (χ3v) is 2.00. The average molecular weight is 222 g/mol. The van der Waals surface area contributed by atoms with E-state index in [-0.39, 0.29) is 25.3 Å². The molecule has 1 fully saturated rings. The molecule has 0 aromatic rings. The third kappa shape index (κ3) is 12.9. The summed E-state index contributed by atoms with van der Waals surface area (Å²) in [5.74, 6) is 0.255. The summed E-state index contributed by atoms with van der Waals surface area (Å²) in [4.78, 5) is 9.81. The Morgan fingerprint density at radius 1 is 1.00 bits per heavy atom. The maximum atomic E-state index is 9.81. The summed E-state index contributed by atoms with van der Waals surface area (Å²) in [6.45, 7) is 3.43. The van der Waals surface area contributed by atoms with Crippen molar-refractivity contribution in [3.05, 3.63) is 0 Å². The average Bonchev–Trinajstić information content (AvgIpc) is 2.09. The number of ketones is 1. The van der Waals surface area contributed by atoms with Gasteiger partial charge in [0.15, 0.2) is 0 Å². The fourth-order valence-electron chi connectivity index (χ4n) is 1.06. The van der Waals surface area contributed by atoms with E-state index in [2.05, 4.69) is 0 Å². The Kier molecular flexibility index (Phi) is 13.9. The monoisotopic (exact) mass is 220 g/mol. The molecule has 0 spiro atoms. The van der Waals surface area contributed by atoms with Crippen molar-refractivity contribution in [2.24, 2.45) is 0 Å². The van der Waals surface area contributed by atoms with Crippen LogP contribution in [-0.2, 0) is 24.3 Å². The van der Waals surface area contributed by atoms with Gasteiger partial charge in [0.25, 0.3) is 0 Å². The smallest absolute Gasteiger partial charge is 0.129 e. The molecule has 0 aromatic heterocycles. The minimum Gasteiger partial charge on any atom is -0.300 e. The summed E-state index contributed by atoms with van der Waals surface area (Å²) < 4.78 is 0. The second-order valence-corrected chi connectivity index (χ2v) is 3.18. The molecule has 1 aliphatic carbocycles. The van der Waals surface area contributed by atoms with Crippen LogP contribution in [0, 0.1) is 0 Å². The minimum atomic E-state index is 0. The summed E-state index contributed by atoms with van der Waals surface area (Å²) in [5, 5.41) is 0. The van der Waals surface area contributed by atoms with E-state index in [0.717, 1.165) is 0 Å². The van der Waals surface area contributed by atoms with Crippen molar-refractivity contribution in [3.63, 3.8) is 0 Å². The van der Waals surface area contributed by atoms with Gasteiger partial charge in [-0.05, 0) is 6.92 Å². The van der Waals surface area contributed by atoms with Crippen LogP contribution in [-0.4, -0.2) is 5.78 Å². The molecule has 12 heavy (non-hydrogen) atoms. The molecule has 0 radical (unpaired) electrons. The predicted molar refractivity (Wildman–Crippen MR) is 48.7 cm³/mol. The number of hydrogen-bond donors (Lipinski definition) is 0. The van der Waals surface area contributed by atoms with Gasteiger partial charge < -0.3 is 4.79 Å². The van der Waals surface area contributed by atoms with Crippen LogP contribution < -0.4 is 0 Å². The molecule has 0 aromatic carbocycles. The van der Waals surface area contributed by atoms with Crippen molar-refractivity contribution in [1.29, 1.82) is 0 Å². The molecule has 0 bridgehead atoms. The Labute approximate surface area is 89.1 Å². The van der Waals surface area contributed by atoms with Gasteiger partial charge in [0.05, 0.1) is 0 Å². The quantitative estimate of drug-likeness (QED) is 0.621. The summed E-state index contributed by atoms with van der Waals surface area (Å²) in [6, 6.07) is 0. The topological polar surface area (TPSA) is 17.1 Å². The Morgan fingerprint density at radius 2 is 1.17 bits per heavy atom. The molecule has 0 amide bonds. The van der Waals surface area contributed by atoms with E-state index in [1.807, 2.05) is 6.92 Å². The van der Waals surface area contributed by atoms with Crippen molar-refractivity contribution < 1.29 is 24.3 Å². The molecule has 1 aliphatic rings. The number of carbonyl (C=O) groups is 1. The molecule has 0 unspecified atom stereocenters. The molecule has 0 saturated heterocycles. The number of rotatable bonds is 1. The normalized spacial score (nSPS) is 15.2. The van der Waals surface area contributed by atoms with E-state index < -0.39 is 0 Å². The molecular formula is C10H20OZn. The third-order valence-electron chi connectivity index (χ3n) is 2.00. The first-order chi connectivity index (χ1) is 5.27.